The molecule has 0 saturated carbocycles. The first-order chi connectivity index (χ1) is 12.7. The Morgan fingerprint density at radius 3 is 2.54 bits per heavy atom. The molecular weight excluding hydrogens is 326 g/mol. The number of ether oxygens (including phenoxy) is 2. The molecule has 1 unspecified atom stereocenters. The lowest BCUT2D eigenvalue weighted by molar-refractivity contribution is -0.137. The van der Waals surface area contributed by atoms with Crippen LogP contribution in [0.2, 0.25) is 0 Å². The molecule has 136 valence electrons. The predicted molar refractivity (Wildman–Crippen MR) is 102 cm³/mol. The van der Waals surface area contributed by atoms with Crippen molar-refractivity contribution in [3.8, 4) is 6.07 Å². The molecular formula is C22H25NO3. The van der Waals surface area contributed by atoms with Crippen molar-refractivity contribution in [2.24, 2.45) is 0 Å². The zero-order chi connectivity index (χ0) is 18.6. The molecule has 0 radical (unpaired) electrons. The average Bonchev–Trinajstić information content (AvgIpc) is 2.70. The fourth-order valence-electron chi connectivity index (χ4n) is 2.70. The summed E-state index contributed by atoms with van der Waals surface area (Å²) >= 11 is 0. The van der Waals surface area contributed by atoms with E-state index in [0.29, 0.717) is 12.2 Å². The minimum absolute atomic E-state index is 0.130. The van der Waals surface area contributed by atoms with Crippen molar-refractivity contribution in [3.05, 3.63) is 66.3 Å². The fourth-order valence-corrected chi connectivity index (χ4v) is 2.70. The Morgan fingerprint density at radius 1 is 1.19 bits per heavy atom. The van der Waals surface area contributed by atoms with Crippen LogP contribution in [0.1, 0.15) is 43.2 Å². The van der Waals surface area contributed by atoms with E-state index in [4.69, 9.17) is 14.7 Å². The van der Waals surface area contributed by atoms with Gasteiger partial charge in [-0.25, -0.2) is 4.79 Å². The molecule has 0 N–H and O–H groups in total. The van der Waals surface area contributed by atoms with Crippen molar-refractivity contribution in [2.45, 2.75) is 38.2 Å². The zero-order valence-electron chi connectivity index (χ0n) is 15.0. The minimum atomic E-state index is -0.356. The van der Waals surface area contributed by atoms with Crippen LogP contribution in [0.15, 0.2) is 55.1 Å². The van der Waals surface area contributed by atoms with E-state index in [1.165, 1.54) is 11.6 Å². The normalized spacial score (nSPS) is 15.8. The van der Waals surface area contributed by atoms with Crippen LogP contribution in [0.3, 0.4) is 0 Å². The van der Waals surface area contributed by atoms with Crippen molar-refractivity contribution in [2.75, 3.05) is 13.2 Å². The Hall–Kier alpha value is -2.64. The lowest BCUT2D eigenvalue weighted by Gasteiger charge is -2.17. The number of esters is 1. The summed E-state index contributed by atoms with van der Waals surface area (Å²) in [5.41, 5.74) is 2.97. The van der Waals surface area contributed by atoms with Crippen molar-refractivity contribution in [3.63, 3.8) is 0 Å². The molecule has 0 aromatic heterocycles. The summed E-state index contributed by atoms with van der Waals surface area (Å²) in [5.74, 6) is -0.356. The molecule has 0 bridgehead atoms. The number of rotatable bonds is 10. The largest absolute Gasteiger partial charge is 0.463 e. The van der Waals surface area contributed by atoms with Gasteiger partial charge in [0.15, 0.2) is 0 Å². The first kappa shape index (κ1) is 19.7. The quantitative estimate of drug-likeness (QED) is 0.352. The standard InChI is InChI=1S/C22H25NO3/c1-2-22(24)26-16-6-4-3-5-15-25-21-13-11-20(12-14-21)19-9-7-18(17-23)8-10-19/h2,7-13,21H,1,3-6,14-16H2. The molecule has 1 aliphatic carbocycles. The molecule has 0 aliphatic heterocycles. The third kappa shape index (κ3) is 6.70. The lowest BCUT2D eigenvalue weighted by atomic mass is 9.97. The van der Waals surface area contributed by atoms with Crippen LogP contribution >= 0.6 is 0 Å². The van der Waals surface area contributed by atoms with Gasteiger partial charge in [0.2, 0.25) is 0 Å². The molecule has 26 heavy (non-hydrogen) atoms. The van der Waals surface area contributed by atoms with E-state index >= 15 is 0 Å². The first-order valence-electron chi connectivity index (χ1n) is 9.02. The molecule has 4 heteroatoms. The molecule has 0 fully saturated rings. The van der Waals surface area contributed by atoms with E-state index in [9.17, 15) is 4.79 Å². The van der Waals surface area contributed by atoms with E-state index in [1.807, 2.05) is 24.3 Å². The number of unbranched alkanes of at least 4 members (excludes halogenated alkanes) is 3. The maximum atomic E-state index is 10.9. The highest BCUT2D eigenvalue weighted by Gasteiger charge is 2.10. The van der Waals surface area contributed by atoms with Gasteiger partial charge in [-0.2, -0.15) is 5.26 Å². The van der Waals surface area contributed by atoms with Crippen LogP contribution in [0.25, 0.3) is 5.57 Å². The highest BCUT2D eigenvalue weighted by molar-refractivity contribution is 5.81. The molecule has 4 nitrogen and oxygen atoms in total. The van der Waals surface area contributed by atoms with Gasteiger partial charge in [-0.1, -0.05) is 43.4 Å². The lowest BCUT2D eigenvalue weighted by Crippen LogP contribution is -2.12. The van der Waals surface area contributed by atoms with Gasteiger partial charge >= 0.3 is 5.97 Å². The predicted octanol–water partition coefficient (Wildman–Crippen LogP) is 4.58. The van der Waals surface area contributed by atoms with Crippen molar-refractivity contribution < 1.29 is 14.3 Å². The Morgan fingerprint density at radius 2 is 1.92 bits per heavy atom. The Bertz CT molecular complexity index is 695. The van der Waals surface area contributed by atoms with Gasteiger partial charge in [0, 0.05) is 12.7 Å². The Labute approximate surface area is 155 Å². The maximum absolute atomic E-state index is 10.9. The first-order valence-corrected chi connectivity index (χ1v) is 9.02. The van der Waals surface area contributed by atoms with Gasteiger partial charge in [-0.15, -0.1) is 0 Å². The van der Waals surface area contributed by atoms with Crippen molar-refractivity contribution in [1.82, 2.24) is 0 Å². The highest BCUT2D eigenvalue weighted by atomic mass is 16.5. The number of carbonyl (C=O) groups is 1. The molecule has 1 aromatic rings. The van der Waals surface area contributed by atoms with Crippen LogP contribution < -0.4 is 0 Å². The molecule has 0 saturated heterocycles. The van der Waals surface area contributed by atoms with Gasteiger partial charge in [-0.05, 0) is 49.0 Å². The highest BCUT2D eigenvalue weighted by Crippen LogP contribution is 2.23. The summed E-state index contributed by atoms with van der Waals surface area (Å²) in [6.07, 6.45) is 12.5. The van der Waals surface area contributed by atoms with Gasteiger partial charge < -0.3 is 9.47 Å². The van der Waals surface area contributed by atoms with E-state index in [2.05, 4.69) is 30.9 Å². The van der Waals surface area contributed by atoms with E-state index in [0.717, 1.165) is 44.3 Å². The minimum Gasteiger partial charge on any atom is -0.463 e. The number of nitriles is 1. The molecule has 1 aromatic carbocycles. The summed E-state index contributed by atoms with van der Waals surface area (Å²) in [7, 11) is 0. The molecule has 0 amide bonds. The molecule has 1 aliphatic rings. The Balaban J connectivity index is 1.58. The van der Waals surface area contributed by atoms with Crippen LogP contribution in [0.4, 0.5) is 0 Å². The van der Waals surface area contributed by atoms with Gasteiger partial charge in [0.25, 0.3) is 0 Å². The number of benzene rings is 1. The number of nitrogens with zero attached hydrogens (tertiary/aromatic N) is 1. The van der Waals surface area contributed by atoms with Crippen LogP contribution in [0, 0.1) is 11.3 Å². The smallest absolute Gasteiger partial charge is 0.330 e. The third-order valence-electron chi connectivity index (χ3n) is 4.19. The number of hydrogen-bond acceptors (Lipinski definition) is 4. The number of hydrogen-bond donors (Lipinski definition) is 0. The average molecular weight is 351 g/mol. The van der Waals surface area contributed by atoms with Crippen molar-refractivity contribution >= 4 is 11.5 Å². The second kappa shape index (κ2) is 11.1. The topological polar surface area (TPSA) is 59.3 Å². The summed E-state index contributed by atoms with van der Waals surface area (Å²) in [6, 6.07) is 9.76. The molecule has 0 spiro atoms. The second-order valence-corrected chi connectivity index (χ2v) is 6.14. The number of allylic oxidation sites excluding steroid dienone is 2. The fraction of sp³-hybridized carbons (Fsp3) is 0.364. The van der Waals surface area contributed by atoms with E-state index < -0.39 is 0 Å². The zero-order valence-corrected chi connectivity index (χ0v) is 15.0. The number of carbonyl (C=O) groups excluding carboxylic acids is 1. The molecule has 0 heterocycles. The maximum Gasteiger partial charge on any atom is 0.330 e. The van der Waals surface area contributed by atoms with E-state index in [-0.39, 0.29) is 12.1 Å². The molecule has 2 rings (SSSR count). The van der Waals surface area contributed by atoms with Crippen LogP contribution in [0.5, 0.6) is 0 Å². The van der Waals surface area contributed by atoms with Gasteiger partial charge in [-0.3, -0.25) is 0 Å². The van der Waals surface area contributed by atoms with Crippen LogP contribution in [-0.4, -0.2) is 25.3 Å². The summed E-state index contributed by atoms with van der Waals surface area (Å²) in [4.78, 5) is 10.9. The van der Waals surface area contributed by atoms with Crippen LogP contribution in [-0.2, 0) is 14.3 Å². The van der Waals surface area contributed by atoms with Crippen molar-refractivity contribution in [1.29, 1.82) is 5.26 Å². The second-order valence-electron chi connectivity index (χ2n) is 6.14. The van der Waals surface area contributed by atoms with E-state index in [1.54, 1.807) is 0 Å². The summed E-state index contributed by atoms with van der Waals surface area (Å²) in [5, 5.41) is 8.85. The van der Waals surface area contributed by atoms with Gasteiger partial charge in [0.1, 0.15) is 0 Å². The summed E-state index contributed by atoms with van der Waals surface area (Å²) in [6.45, 7) is 4.56. The third-order valence-corrected chi connectivity index (χ3v) is 4.19. The SMILES string of the molecule is C=CC(=O)OCCCCCCOC1C=CC(c2ccc(C#N)cc2)=CC1. The monoisotopic (exact) mass is 351 g/mol. The Kier molecular flexibility index (Phi) is 8.38. The van der Waals surface area contributed by atoms with Gasteiger partial charge in [0.05, 0.1) is 24.3 Å². The molecule has 1 atom stereocenters. The summed E-state index contributed by atoms with van der Waals surface area (Å²) < 4.78 is 10.8.